The first-order valence-electron chi connectivity index (χ1n) is 8.09. The number of rotatable bonds is 1. The van der Waals surface area contributed by atoms with Gasteiger partial charge in [-0.25, -0.2) is 0 Å². The summed E-state index contributed by atoms with van der Waals surface area (Å²) in [6.07, 6.45) is 5.72. The van der Waals surface area contributed by atoms with Crippen LogP contribution in [0.25, 0.3) is 0 Å². The van der Waals surface area contributed by atoms with Crippen LogP contribution in [-0.2, 0) is 16.0 Å². The number of benzene rings is 1. The molecule has 1 saturated carbocycles. The Morgan fingerprint density at radius 1 is 1.24 bits per heavy atom. The number of hydrogen-bond donors (Lipinski definition) is 1. The minimum Gasteiger partial charge on any atom is -0.374 e. The number of amides is 1. The number of morpholine rings is 1. The molecule has 1 amide bonds. The first-order valence-corrected chi connectivity index (χ1v) is 8.09. The molecule has 2 aliphatic heterocycles. The van der Waals surface area contributed by atoms with Crippen LogP contribution in [0.1, 0.15) is 31.2 Å². The van der Waals surface area contributed by atoms with Crippen LogP contribution in [0.5, 0.6) is 0 Å². The lowest BCUT2D eigenvalue weighted by Crippen LogP contribution is -2.57. The zero-order valence-corrected chi connectivity index (χ0v) is 12.3. The molecule has 2 fully saturated rings. The van der Waals surface area contributed by atoms with Gasteiger partial charge in [0, 0.05) is 18.7 Å². The smallest absolute Gasteiger partial charge is 0.245 e. The van der Waals surface area contributed by atoms with E-state index in [1.165, 1.54) is 18.4 Å². The number of carbonyl (C=O) groups is 1. The van der Waals surface area contributed by atoms with E-state index >= 15 is 0 Å². The van der Waals surface area contributed by atoms with Crippen molar-refractivity contribution in [3.63, 3.8) is 0 Å². The van der Waals surface area contributed by atoms with Crippen LogP contribution in [0.4, 0.5) is 5.69 Å². The van der Waals surface area contributed by atoms with Crippen molar-refractivity contribution in [2.24, 2.45) is 0 Å². The molecule has 4 heteroatoms. The molecule has 0 bridgehead atoms. The normalized spacial score (nSPS) is 31.2. The number of para-hydroxylation sites is 1. The van der Waals surface area contributed by atoms with E-state index in [9.17, 15) is 4.79 Å². The summed E-state index contributed by atoms with van der Waals surface area (Å²) in [7, 11) is 0. The molecule has 3 unspecified atom stereocenters. The third-order valence-electron chi connectivity index (χ3n) is 5.08. The maximum atomic E-state index is 12.9. The number of anilines is 1. The molecule has 1 aromatic rings. The van der Waals surface area contributed by atoms with Gasteiger partial charge in [-0.15, -0.1) is 0 Å². The lowest BCUT2D eigenvalue weighted by molar-refractivity contribution is -0.150. The fourth-order valence-corrected chi connectivity index (χ4v) is 4.02. The number of hydrogen-bond acceptors (Lipinski definition) is 3. The Balaban J connectivity index is 1.50. The Hall–Kier alpha value is -1.55. The Bertz CT molecular complexity index is 518. The fourth-order valence-electron chi connectivity index (χ4n) is 4.02. The van der Waals surface area contributed by atoms with E-state index in [0.29, 0.717) is 12.6 Å². The first-order chi connectivity index (χ1) is 10.3. The highest BCUT2D eigenvalue weighted by Crippen LogP contribution is 2.31. The van der Waals surface area contributed by atoms with Gasteiger partial charge in [-0.1, -0.05) is 31.0 Å². The molecule has 3 atom stereocenters. The van der Waals surface area contributed by atoms with Crippen molar-refractivity contribution >= 4 is 11.6 Å². The van der Waals surface area contributed by atoms with Crippen LogP contribution >= 0.6 is 0 Å². The summed E-state index contributed by atoms with van der Waals surface area (Å²) in [4.78, 5) is 15.0. The van der Waals surface area contributed by atoms with E-state index in [1.807, 2.05) is 12.1 Å². The van der Waals surface area contributed by atoms with Gasteiger partial charge in [0.2, 0.25) is 5.91 Å². The Morgan fingerprint density at radius 3 is 3.00 bits per heavy atom. The van der Waals surface area contributed by atoms with Gasteiger partial charge >= 0.3 is 0 Å². The second-order valence-electron chi connectivity index (χ2n) is 6.35. The van der Waals surface area contributed by atoms with Gasteiger partial charge in [-0.2, -0.15) is 0 Å². The van der Waals surface area contributed by atoms with Crippen molar-refractivity contribution in [2.45, 2.75) is 50.3 Å². The van der Waals surface area contributed by atoms with Crippen LogP contribution in [0.3, 0.4) is 0 Å². The van der Waals surface area contributed by atoms with Crippen molar-refractivity contribution < 1.29 is 9.53 Å². The third kappa shape index (κ3) is 2.31. The molecule has 3 aliphatic rings. The van der Waals surface area contributed by atoms with Crippen molar-refractivity contribution in [3.8, 4) is 0 Å². The monoisotopic (exact) mass is 286 g/mol. The quantitative estimate of drug-likeness (QED) is 0.860. The summed E-state index contributed by atoms with van der Waals surface area (Å²) in [5.74, 6) is 0.256. The third-order valence-corrected chi connectivity index (χ3v) is 5.08. The summed E-state index contributed by atoms with van der Waals surface area (Å²) in [5, 5.41) is 3.40. The lowest BCUT2D eigenvalue weighted by atomic mass is 9.89. The molecular weight excluding hydrogens is 264 g/mol. The van der Waals surface area contributed by atoms with Crippen molar-refractivity contribution in [2.75, 3.05) is 18.5 Å². The summed E-state index contributed by atoms with van der Waals surface area (Å²) in [6, 6.07) is 8.43. The largest absolute Gasteiger partial charge is 0.374 e. The SMILES string of the molecule is O=C(C1Cc2ccccc2N1)N1CCOC2CCCCC21. The highest BCUT2D eigenvalue weighted by atomic mass is 16.5. The summed E-state index contributed by atoms with van der Waals surface area (Å²) < 4.78 is 5.87. The fraction of sp³-hybridized carbons (Fsp3) is 0.588. The molecule has 0 spiro atoms. The molecule has 21 heavy (non-hydrogen) atoms. The number of ether oxygens (including phenoxy) is 1. The van der Waals surface area contributed by atoms with E-state index in [4.69, 9.17) is 4.74 Å². The van der Waals surface area contributed by atoms with Gasteiger partial charge in [-0.05, 0) is 24.5 Å². The van der Waals surface area contributed by atoms with Gasteiger partial charge in [0.05, 0.1) is 18.8 Å². The van der Waals surface area contributed by atoms with Crippen LogP contribution in [0.2, 0.25) is 0 Å². The van der Waals surface area contributed by atoms with Crippen molar-refractivity contribution in [1.82, 2.24) is 4.90 Å². The maximum Gasteiger partial charge on any atom is 0.245 e. The van der Waals surface area contributed by atoms with E-state index < -0.39 is 0 Å². The first kappa shape index (κ1) is 13.1. The highest BCUT2D eigenvalue weighted by Gasteiger charge is 2.40. The van der Waals surface area contributed by atoms with Crippen molar-refractivity contribution in [1.29, 1.82) is 0 Å². The average molecular weight is 286 g/mol. The standard InChI is InChI=1S/C17H22N2O2/c20-17(14-11-12-5-1-2-6-13(12)18-14)19-9-10-21-16-8-4-3-7-15(16)19/h1-2,5-6,14-16,18H,3-4,7-11H2. The predicted octanol–water partition coefficient (Wildman–Crippen LogP) is 2.19. The van der Waals surface area contributed by atoms with E-state index in [-0.39, 0.29) is 18.1 Å². The minimum absolute atomic E-state index is 0.0944. The Morgan fingerprint density at radius 2 is 2.10 bits per heavy atom. The highest BCUT2D eigenvalue weighted by molar-refractivity contribution is 5.87. The minimum atomic E-state index is -0.0944. The summed E-state index contributed by atoms with van der Waals surface area (Å²) in [6.45, 7) is 1.43. The zero-order valence-electron chi connectivity index (χ0n) is 12.3. The van der Waals surface area contributed by atoms with Gasteiger partial charge in [0.15, 0.2) is 0 Å². The molecule has 4 nitrogen and oxygen atoms in total. The van der Waals surface area contributed by atoms with Gasteiger partial charge < -0.3 is 15.0 Å². The summed E-state index contributed by atoms with van der Waals surface area (Å²) in [5.41, 5.74) is 2.37. The molecular formula is C17H22N2O2. The van der Waals surface area contributed by atoms with E-state index in [1.54, 1.807) is 0 Å². The predicted molar refractivity (Wildman–Crippen MR) is 81.3 cm³/mol. The van der Waals surface area contributed by atoms with Crippen LogP contribution in [0, 0.1) is 0 Å². The second-order valence-corrected chi connectivity index (χ2v) is 6.35. The molecule has 112 valence electrons. The summed E-state index contributed by atoms with van der Waals surface area (Å²) >= 11 is 0. The molecule has 1 saturated heterocycles. The molecule has 1 N–H and O–H groups in total. The van der Waals surface area contributed by atoms with Gasteiger partial charge in [0.25, 0.3) is 0 Å². The molecule has 4 rings (SSSR count). The second kappa shape index (κ2) is 5.34. The van der Waals surface area contributed by atoms with E-state index in [2.05, 4.69) is 22.3 Å². The number of fused-ring (bicyclic) bond motifs is 2. The number of carbonyl (C=O) groups excluding carboxylic acids is 1. The van der Waals surface area contributed by atoms with Gasteiger partial charge in [-0.3, -0.25) is 4.79 Å². The zero-order chi connectivity index (χ0) is 14.2. The Kier molecular flexibility index (Phi) is 3.34. The van der Waals surface area contributed by atoms with E-state index in [0.717, 1.165) is 31.5 Å². The average Bonchev–Trinajstić information content (AvgIpc) is 2.97. The lowest BCUT2D eigenvalue weighted by Gasteiger charge is -2.44. The molecule has 0 aromatic heterocycles. The Labute approximate surface area is 125 Å². The van der Waals surface area contributed by atoms with Crippen molar-refractivity contribution in [3.05, 3.63) is 29.8 Å². The topological polar surface area (TPSA) is 41.6 Å². The van der Waals surface area contributed by atoms with Crippen LogP contribution in [0.15, 0.2) is 24.3 Å². The maximum absolute atomic E-state index is 12.9. The van der Waals surface area contributed by atoms with Gasteiger partial charge in [0.1, 0.15) is 6.04 Å². The molecule has 2 heterocycles. The molecule has 1 aliphatic carbocycles. The molecule has 1 aromatic carbocycles. The molecule has 0 radical (unpaired) electrons. The van der Waals surface area contributed by atoms with Crippen LogP contribution in [-0.4, -0.2) is 42.1 Å². The number of nitrogens with zero attached hydrogens (tertiary/aromatic N) is 1. The number of nitrogens with one attached hydrogen (secondary N) is 1. The van der Waals surface area contributed by atoms with Crippen LogP contribution < -0.4 is 5.32 Å².